The van der Waals surface area contributed by atoms with E-state index in [4.69, 9.17) is 0 Å². The third-order valence-electron chi connectivity index (χ3n) is 2.82. The largest absolute Gasteiger partial charge is 0.376 e. The van der Waals surface area contributed by atoms with Crippen molar-refractivity contribution < 1.29 is 13.2 Å². The van der Waals surface area contributed by atoms with Crippen LogP contribution in [0.5, 0.6) is 0 Å². The molecule has 0 fully saturated rings. The molecule has 0 spiro atoms. The summed E-state index contributed by atoms with van der Waals surface area (Å²) in [7, 11) is 0. The highest BCUT2D eigenvalue weighted by Gasteiger charge is 2.31. The number of anilines is 1. The molecule has 0 amide bonds. The molecule has 0 heterocycles. The van der Waals surface area contributed by atoms with Crippen LogP contribution in [-0.2, 0) is 5.92 Å². The van der Waals surface area contributed by atoms with Crippen molar-refractivity contribution in [2.24, 2.45) is 0 Å². The zero-order chi connectivity index (χ0) is 13.9. The molecule has 0 unspecified atom stereocenters. The quantitative estimate of drug-likeness (QED) is 0.867. The second-order valence-electron chi connectivity index (χ2n) is 4.41. The van der Waals surface area contributed by atoms with E-state index in [2.05, 4.69) is 5.32 Å². The number of nitrogens with one attached hydrogen (secondary N) is 1. The Hall–Kier alpha value is -1.97. The summed E-state index contributed by atoms with van der Waals surface area (Å²) in [5.41, 5.74) is 0.745. The van der Waals surface area contributed by atoms with Gasteiger partial charge in [-0.05, 0) is 24.6 Å². The molecule has 0 aromatic heterocycles. The van der Waals surface area contributed by atoms with E-state index in [0.717, 1.165) is 5.56 Å². The van der Waals surface area contributed by atoms with Gasteiger partial charge in [-0.25, -0.2) is 4.39 Å². The number of hydrogen-bond donors (Lipinski definition) is 1. The van der Waals surface area contributed by atoms with Crippen LogP contribution in [0.15, 0.2) is 48.5 Å². The Bertz CT molecular complexity index is 553. The number of benzene rings is 2. The Morgan fingerprint density at radius 1 is 1.05 bits per heavy atom. The molecular weight excluding hydrogens is 251 g/mol. The van der Waals surface area contributed by atoms with Crippen LogP contribution < -0.4 is 5.32 Å². The fraction of sp³-hybridized carbons (Fsp3) is 0.200. The van der Waals surface area contributed by atoms with E-state index in [0.29, 0.717) is 0 Å². The van der Waals surface area contributed by atoms with Crippen molar-refractivity contribution in [1.82, 2.24) is 0 Å². The van der Waals surface area contributed by atoms with Crippen LogP contribution in [0, 0.1) is 12.7 Å². The maximum atomic E-state index is 13.9. The number of hydrogen-bond acceptors (Lipinski definition) is 1. The molecule has 0 aliphatic carbocycles. The van der Waals surface area contributed by atoms with Crippen molar-refractivity contribution in [3.8, 4) is 0 Å². The standard InChI is InChI=1S/C15H14F3N/c1-11-7-8-14(13(16)9-11)19-10-15(17,18)12-5-3-2-4-6-12/h2-9,19H,10H2,1H3. The Morgan fingerprint density at radius 2 is 1.74 bits per heavy atom. The lowest BCUT2D eigenvalue weighted by Gasteiger charge is -2.18. The molecule has 2 rings (SSSR count). The molecule has 100 valence electrons. The highest BCUT2D eigenvalue weighted by atomic mass is 19.3. The average molecular weight is 265 g/mol. The summed E-state index contributed by atoms with van der Waals surface area (Å²) in [5, 5.41) is 2.45. The molecular formula is C15H14F3N. The van der Waals surface area contributed by atoms with Gasteiger partial charge in [0.2, 0.25) is 0 Å². The first-order valence-corrected chi connectivity index (χ1v) is 5.92. The predicted octanol–water partition coefficient (Wildman–Crippen LogP) is 4.34. The molecule has 1 N–H and O–H groups in total. The molecule has 2 aromatic carbocycles. The van der Waals surface area contributed by atoms with Gasteiger partial charge < -0.3 is 5.32 Å². The van der Waals surface area contributed by atoms with Gasteiger partial charge in [0.1, 0.15) is 5.82 Å². The van der Waals surface area contributed by atoms with Crippen LogP contribution in [0.25, 0.3) is 0 Å². The molecule has 19 heavy (non-hydrogen) atoms. The van der Waals surface area contributed by atoms with Crippen molar-refractivity contribution >= 4 is 5.69 Å². The first kappa shape index (κ1) is 13.5. The van der Waals surface area contributed by atoms with Gasteiger partial charge in [0.05, 0.1) is 12.2 Å². The summed E-state index contributed by atoms with van der Waals surface area (Å²) in [5.74, 6) is -3.57. The molecule has 0 radical (unpaired) electrons. The lowest BCUT2D eigenvalue weighted by molar-refractivity contribution is 0.0106. The van der Waals surface area contributed by atoms with E-state index >= 15 is 0 Å². The SMILES string of the molecule is Cc1ccc(NCC(F)(F)c2ccccc2)c(F)c1. The van der Waals surface area contributed by atoms with Crippen molar-refractivity contribution in [2.75, 3.05) is 11.9 Å². The Labute approximate surface area is 110 Å². The molecule has 0 saturated heterocycles. The van der Waals surface area contributed by atoms with Crippen LogP contribution >= 0.6 is 0 Å². The minimum Gasteiger partial charge on any atom is -0.376 e. The fourth-order valence-electron chi connectivity index (χ4n) is 1.75. The second kappa shape index (κ2) is 5.34. The second-order valence-corrected chi connectivity index (χ2v) is 4.41. The van der Waals surface area contributed by atoms with E-state index in [9.17, 15) is 13.2 Å². The summed E-state index contributed by atoms with van der Waals surface area (Å²) in [6.45, 7) is 1.10. The Morgan fingerprint density at radius 3 is 2.37 bits per heavy atom. The maximum absolute atomic E-state index is 13.9. The minimum absolute atomic E-state index is 0.0845. The molecule has 2 aromatic rings. The average Bonchev–Trinajstić information content (AvgIpc) is 2.39. The minimum atomic E-state index is -3.04. The van der Waals surface area contributed by atoms with Crippen molar-refractivity contribution in [2.45, 2.75) is 12.8 Å². The number of aryl methyl sites for hydroxylation is 1. The van der Waals surface area contributed by atoms with Gasteiger partial charge in [0.25, 0.3) is 5.92 Å². The lowest BCUT2D eigenvalue weighted by atomic mass is 10.1. The highest BCUT2D eigenvalue weighted by molar-refractivity contribution is 5.46. The fourth-order valence-corrected chi connectivity index (χ4v) is 1.75. The van der Waals surface area contributed by atoms with Crippen LogP contribution in [-0.4, -0.2) is 6.54 Å². The maximum Gasteiger partial charge on any atom is 0.290 e. The topological polar surface area (TPSA) is 12.0 Å². The molecule has 1 nitrogen and oxygen atoms in total. The number of alkyl halides is 2. The van der Waals surface area contributed by atoms with E-state index in [1.165, 1.54) is 24.3 Å². The summed E-state index contributed by atoms with van der Waals surface area (Å²) < 4.78 is 41.3. The summed E-state index contributed by atoms with van der Waals surface area (Å²) in [6.07, 6.45) is 0. The van der Waals surface area contributed by atoms with Gasteiger partial charge in [-0.15, -0.1) is 0 Å². The first-order valence-electron chi connectivity index (χ1n) is 5.92. The third-order valence-corrected chi connectivity index (χ3v) is 2.82. The summed E-state index contributed by atoms with van der Waals surface area (Å²) in [6, 6.07) is 11.9. The number of rotatable bonds is 4. The molecule has 0 atom stereocenters. The van der Waals surface area contributed by atoms with Crippen LogP contribution in [0.3, 0.4) is 0 Å². The van der Waals surface area contributed by atoms with Crippen LogP contribution in [0.2, 0.25) is 0 Å². The van der Waals surface area contributed by atoms with Gasteiger partial charge in [0.15, 0.2) is 0 Å². The molecule has 0 bridgehead atoms. The van der Waals surface area contributed by atoms with Gasteiger partial charge in [-0.3, -0.25) is 0 Å². The van der Waals surface area contributed by atoms with Gasteiger partial charge in [-0.2, -0.15) is 8.78 Å². The monoisotopic (exact) mass is 265 g/mol. The number of halogens is 3. The lowest BCUT2D eigenvalue weighted by Crippen LogP contribution is -2.25. The van der Waals surface area contributed by atoms with Gasteiger partial charge >= 0.3 is 0 Å². The Balaban J connectivity index is 2.09. The van der Waals surface area contributed by atoms with E-state index < -0.39 is 18.3 Å². The van der Waals surface area contributed by atoms with Crippen molar-refractivity contribution in [1.29, 1.82) is 0 Å². The third kappa shape index (κ3) is 3.28. The van der Waals surface area contributed by atoms with Gasteiger partial charge in [0, 0.05) is 5.56 Å². The van der Waals surface area contributed by atoms with E-state index in [-0.39, 0.29) is 11.3 Å². The normalized spacial score (nSPS) is 11.4. The first-order chi connectivity index (χ1) is 8.99. The van der Waals surface area contributed by atoms with E-state index in [1.54, 1.807) is 31.2 Å². The molecule has 0 aliphatic heterocycles. The Kier molecular flexibility index (Phi) is 3.79. The van der Waals surface area contributed by atoms with Gasteiger partial charge in [-0.1, -0.05) is 36.4 Å². The zero-order valence-corrected chi connectivity index (χ0v) is 10.5. The summed E-state index contributed by atoms with van der Waals surface area (Å²) >= 11 is 0. The smallest absolute Gasteiger partial charge is 0.290 e. The zero-order valence-electron chi connectivity index (χ0n) is 10.5. The molecule has 4 heteroatoms. The van der Waals surface area contributed by atoms with Crippen LogP contribution in [0.1, 0.15) is 11.1 Å². The molecule has 0 aliphatic rings. The highest BCUT2D eigenvalue weighted by Crippen LogP contribution is 2.28. The summed E-state index contributed by atoms with van der Waals surface area (Å²) in [4.78, 5) is 0. The van der Waals surface area contributed by atoms with E-state index in [1.807, 2.05) is 0 Å². The van der Waals surface area contributed by atoms with Crippen molar-refractivity contribution in [3.63, 3.8) is 0 Å². The van der Waals surface area contributed by atoms with Crippen molar-refractivity contribution in [3.05, 3.63) is 65.5 Å². The molecule has 0 saturated carbocycles. The predicted molar refractivity (Wildman–Crippen MR) is 70.0 cm³/mol. The van der Waals surface area contributed by atoms with Crippen LogP contribution in [0.4, 0.5) is 18.9 Å².